The van der Waals surface area contributed by atoms with E-state index >= 15 is 0 Å². The van der Waals surface area contributed by atoms with Gasteiger partial charge in [-0.25, -0.2) is 5.43 Å². The highest BCUT2D eigenvalue weighted by Gasteiger charge is 2.11. The van der Waals surface area contributed by atoms with Crippen molar-refractivity contribution in [2.24, 2.45) is 5.10 Å². The highest BCUT2D eigenvalue weighted by Crippen LogP contribution is 2.17. The largest absolute Gasteiger partial charge is 0.433 e. The maximum absolute atomic E-state index is 11.8. The molecule has 0 saturated carbocycles. The Morgan fingerprint density at radius 3 is 2.81 bits per heavy atom. The fourth-order valence-corrected chi connectivity index (χ4v) is 1.85. The first-order chi connectivity index (χ1) is 9.97. The van der Waals surface area contributed by atoms with E-state index in [9.17, 15) is 14.9 Å². The zero-order valence-corrected chi connectivity index (χ0v) is 11.6. The Morgan fingerprint density at radius 1 is 1.43 bits per heavy atom. The zero-order chi connectivity index (χ0) is 15.4. The number of benzene rings is 1. The quantitative estimate of drug-likeness (QED) is 0.533. The highest BCUT2D eigenvalue weighted by atomic mass is 35.5. The molecule has 2 aromatic rings. The fourth-order valence-electron chi connectivity index (χ4n) is 1.53. The predicted octanol–water partition coefficient (Wildman–Crippen LogP) is 2.91. The summed E-state index contributed by atoms with van der Waals surface area (Å²) in [4.78, 5) is 21.6. The van der Waals surface area contributed by atoms with E-state index in [2.05, 4.69) is 10.5 Å². The summed E-state index contributed by atoms with van der Waals surface area (Å²) in [7, 11) is 0. The second-order valence-electron chi connectivity index (χ2n) is 4.12. The molecule has 8 heteroatoms. The molecule has 0 fully saturated rings. The molecule has 0 spiro atoms. The highest BCUT2D eigenvalue weighted by molar-refractivity contribution is 6.33. The topological polar surface area (TPSA) is 97.7 Å². The van der Waals surface area contributed by atoms with Crippen LogP contribution in [-0.4, -0.2) is 17.0 Å². The molecule has 0 radical (unpaired) electrons. The van der Waals surface area contributed by atoms with Gasteiger partial charge in [0.2, 0.25) is 0 Å². The monoisotopic (exact) mass is 307 g/mol. The van der Waals surface area contributed by atoms with Crippen molar-refractivity contribution in [3.8, 4) is 0 Å². The van der Waals surface area contributed by atoms with Gasteiger partial charge >= 0.3 is 5.88 Å². The van der Waals surface area contributed by atoms with E-state index in [-0.39, 0.29) is 11.3 Å². The smallest absolute Gasteiger partial charge is 0.400 e. The Kier molecular flexibility index (Phi) is 4.34. The average Bonchev–Trinajstić information content (AvgIpc) is 2.87. The van der Waals surface area contributed by atoms with Gasteiger partial charge < -0.3 is 4.42 Å². The van der Waals surface area contributed by atoms with E-state index < -0.39 is 16.7 Å². The summed E-state index contributed by atoms with van der Waals surface area (Å²) in [5.41, 5.74) is 3.48. The normalized spacial score (nSPS) is 10.8. The molecule has 1 aromatic heterocycles. The van der Waals surface area contributed by atoms with Gasteiger partial charge in [0, 0.05) is 0 Å². The van der Waals surface area contributed by atoms with Gasteiger partial charge in [0.15, 0.2) is 5.76 Å². The first-order valence-corrected chi connectivity index (χ1v) is 6.19. The SMILES string of the molecule is Cc1ccc(C(=O)NN=Cc2ccc([N+](=O)[O-])o2)c(Cl)c1. The molecule has 1 amide bonds. The summed E-state index contributed by atoms with van der Waals surface area (Å²) >= 11 is 5.95. The van der Waals surface area contributed by atoms with Crippen LogP contribution in [0.5, 0.6) is 0 Å². The van der Waals surface area contributed by atoms with Crippen LogP contribution in [0.1, 0.15) is 21.7 Å². The standard InChI is InChI=1S/C13H10ClN3O4/c1-8-2-4-10(11(14)6-8)13(18)16-15-7-9-3-5-12(21-9)17(19)20/h2-7H,1H3,(H,16,18). The second kappa shape index (κ2) is 6.19. The van der Waals surface area contributed by atoms with Crippen LogP contribution in [0.25, 0.3) is 0 Å². The van der Waals surface area contributed by atoms with Crippen LogP contribution < -0.4 is 5.43 Å². The third-order valence-corrected chi connectivity index (χ3v) is 2.83. The van der Waals surface area contributed by atoms with Crippen molar-refractivity contribution in [3.05, 3.63) is 62.4 Å². The van der Waals surface area contributed by atoms with Crippen molar-refractivity contribution < 1.29 is 14.1 Å². The van der Waals surface area contributed by atoms with Gasteiger partial charge in [-0.3, -0.25) is 14.9 Å². The van der Waals surface area contributed by atoms with Crippen LogP contribution >= 0.6 is 11.6 Å². The number of furan rings is 1. The van der Waals surface area contributed by atoms with Crippen molar-refractivity contribution in [2.45, 2.75) is 6.92 Å². The Bertz CT molecular complexity index is 724. The lowest BCUT2D eigenvalue weighted by Gasteiger charge is -2.03. The van der Waals surface area contributed by atoms with E-state index in [0.29, 0.717) is 5.02 Å². The van der Waals surface area contributed by atoms with Crippen LogP contribution in [0, 0.1) is 17.0 Å². The molecule has 0 atom stereocenters. The van der Waals surface area contributed by atoms with Gasteiger partial charge in [0.25, 0.3) is 5.91 Å². The number of halogens is 1. The molecular weight excluding hydrogens is 298 g/mol. The number of nitro groups is 1. The number of aryl methyl sites for hydroxylation is 1. The lowest BCUT2D eigenvalue weighted by Crippen LogP contribution is -2.18. The number of amides is 1. The van der Waals surface area contributed by atoms with Crippen LogP contribution in [0.2, 0.25) is 5.02 Å². The molecule has 7 nitrogen and oxygen atoms in total. The van der Waals surface area contributed by atoms with E-state index in [4.69, 9.17) is 16.0 Å². The van der Waals surface area contributed by atoms with Crippen LogP contribution in [-0.2, 0) is 0 Å². The van der Waals surface area contributed by atoms with Crippen molar-refractivity contribution in [1.82, 2.24) is 5.43 Å². The third kappa shape index (κ3) is 3.67. The molecule has 0 unspecified atom stereocenters. The van der Waals surface area contributed by atoms with Crippen molar-refractivity contribution >= 4 is 29.6 Å². The van der Waals surface area contributed by atoms with Crippen LogP contribution in [0.15, 0.2) is 39.9 Å². The minimum absolute atomic E-state index is 0.150. The molecule has 1 heterocycles. The summed E-state index contributed by atoms with van der Waals surface area (Å²) < 4.78 is 4.85. The lowest BCUT2D eigenvalue weighted by atomic mass is 10.1. The lowest BCUT2D eigenvalue weighted by molar-refractivity contribution is -0.402. The van der Waals surface area contributed by atoms with E-state index in [1.165, 1.54) is 12.1 Å². The van der Waals surface area contributed by atoms with Gasteiger partial charge in [0.05, 0.1) is 22.9 Å². The van der Waals surface area contributed by atoms with Gasteiger partial charge in [-0.15, -0.1) is 0 Å². The summed E-state index contributed by atoms with van der Waals surface area (Å²) in [5, 5.41) is 14.4. The molecule has 1 aromatic carbocycles. The van der Waals surface area contributed by atoms with Crippen LogP contribution in [0.3, 0.4) is 0 Å². The van der Waals surface area contributed by atoms with Gasteiger partial charge in [-0.05, 0) is 30.7 Å². The van der Waals surface area contributed by atoms with Crippen LogP contribution in [0.4, 0.5) is 5.88 Å². The molecule has 2 rings (SSSR count). The summed E-state index contributed by atoms with van der Waals surface area (Å²) in [6.07, 6.45) is 1.16. The molecule has 0 bridgehead atoms. The Labute approximate surface area is 124 Å². The second-order valence-corrected chi connectivity index (χ2v) is 4.52. The number of carbonyl (C=O) groups is 1. The number of hydrogen-bond donors (Lipinski definition) is 1. The molecule has 0 aliphatic rings. The number of hydrazone groups is 1. The van der Waals surface area contributed by atoms with Gasteiger partial charge in [-0.2, -0.15) is 5.10 Å². The Balaban J connectivity index is 2.03. The number of rotatable bonds is 4. The summed E-state index contributed by atoms with van der Waals surface area (Å²) in [6.45, 7) is 1.86. The molecule has 21 heavy (non-hydrogen) atoms. The third-order valence-electron chi connectivity index (χ3n) is 2.52. The Hall–Kier alpha value is -2.67. The van der Waals surface area contributed by atoms with Crippen molar-refractivity contribution in [3.63, 3.8) is 0 Å². The molecular formula is C13H10ClN3O4. The molecule has 0 saturated heterocycles. The maximum Gasteiger partial charge on any atom is 0.433 e. The molecule has 0 aliphatic heterocycles. The number of carbonyl (C=O) groups excluding carboxylic acids is 1. The number of nitrogens with one attached hydrogen (secondary N) is 1. The maximum atomic E-state index is 11.8. The van der Waals surface area contributed by atoms with Gasteiger partial charge in [-0.1, -0.05) is 17.7 Å². The van der Waals surface area contributed by atoms with E-state index in [1.54, 1.807) is 18.2 Å². The molecule has 0 aliphatic carbocycles. The van der Waals surface area contributed by atoms with E-state index in [1.807, 2.05) is 6.92 Å². The van der Waals surface area contributed by atoms with E-state index in [0.717, 1.165) is 11.8 Å². The summed E-state index contributed by atoms with van der Waals surface area (Å²) in [5.74, 6) is -0.737. The van der Waals surface area contributed by atoms with Gasteiger partial charge in [0.1, 0.15) is 4.92 Å². The minimum atomic E-state index is -0.665. The summed E-state index contributed by atoms with van der Waals surface area (Å²) in [6, 6.07) is 7.56. The minimum Gasteiger partial charge on any atom is -0.400 e. The predicted molar refractivity (Wildman–Crippen MR) is 76.6 cm³/mol. The molecule has 108 valence electrons. The van der Waals surface area contributed by atoms with Crippen molar-refractivity contribution in [2.75, 3.05) is 0 Å². The Morgan fingerprint density at radius 2 is 2.19 bits per heavy atom. The van der Waals surface area contributed by atoms with Crippen molar-refractivity contribution in [1.29, 1.82) is 0 Å². The first kappa shape index (κ1) is 14.7. The first-order valence-electron chi connectivity index (χ1n) is 5.81. The fraction of sp³-hybridized carbons (Fsp3) is 0.0769. The molecule has 1 N–H and O–H groups in total. The average molecular weight is 308 g/mol. The number of hydrogen-bond acceptors (Lipinski definition) is 5. The number of nitrogens with zero attached hydrogens (tertiary/aromatic N) is 2. The zero-order valence-electron chi connectivity index (χ0n) is 10.9.